The number of nitrogens with two attached hydrogens (primary N) is 1. The Morgan fingerprint density at radius 3 is 2.72 bits per heavy atom. The second-order valence-corrected chi connectivity index (χ2v) is 7.99. The molecule has 0 aliphatic heterocycles. The molecule has 1 amide bonds. The van der Waals surface area contributed by atoms with Crippen LogP contribution >= 0.6 is 11.6 Å². The lowest BCUT2D eigenvalue weighted by Gasteiger charge is -2.21. The average molecular weight is 505 g/mol. The summed E-state index contributed by atoms with van der Waals surface area (Å²) in [6.07, 6.45) is 10.1. The van der Waals surface area contributed by atoms with E-state index < -0.39 is 11.9 Å². The first-order chi connectivity index (χ1) is 17.4. The van der Waals surface area contributed by atoms with Crippen molar-refractivity contribution in [2.24, 2.45) is 0 Å². The highest BCUT2D eigenvalue weighted by atomic mass is 35.5. The molecule has 0 bridgehead atoms. The monoisotopic (exact) mass is 504 g/mol. The fourth-order valence-electron chi connectivity index (χ4n) is 3.89. The van der Waals surface area contributed by atoms with Gasteiger partial charge in [-0.3, -0.25) is 14.2 Å². The molecule has 1 unspecified atom stereocenters. The smallest absolute Gasteiger partial charge is 0.264 e. The number of anilines is 1. The van der Waals surface area contributed by atoms with Crippen LogP contribution in [0.4, 0.5) is 5.82 Å². The Morgan fingerprint density at radius 2 is 2.03 bits per heavy atom. The van der Waals surface area contributed by atoms with E-state index in [1.165, 1.54) is 9.08 Å². The Morgan fingerprint density at radius 1 is 1.28 bits per heavy atom. The number of carbonyl (C=O) groups is 1. The molecule has 186 valence electrons. The van der Waals surface area contributed by atoms with Crippen molar-refractivity contribution in [1.82, 2.24) is 24.5 Å². The molecule has 4 rings (SSSR count). The van der Waals surface area contributed by atoms with Crippen molar-refractivity contribution in [2.45, 2.75) is 33.7 Å². The molecule has 0 saturated carbocycles. The number of benzene rings is 1. The summed E-state index contributed by atoms with van der Waals surface area (Å²) in [6, 6.07) is 8.21. The molecule has 4 aromatic rings. The summed E-state index contributed by atoms with van der Waals surface area (Å²) < 4.78 is 2.97. The Labute approximate surface area is 214 Å². The Balaban J connectivity index is 0.00000176. The minimum Gasteiger partial charge on any atom is -0.381 e. The van der Waals surface area contributed by atoms with Gasteiger partial charge in [-0.25, -0.2) is 9.50 Å². The van der Waals surface area contributed by atoms with Crippen molar-refractivity contribution >= 4 is 45.4 Å². The van der Waals surface area contributed by atoms with Crippen molar-refractivity contribution in [3.05, 3.63) is 100 Å². The van der Waals surface area contributed by atoms with Crippen molar-refractivity contribution in [2.75, 3.05) is 5.73 Å². The zero-order valence-corrected chi connectivity index (χ0v) is 21.5. The van der Waals surface area contributed by atoms with Gasteiger partial charge in [0.05, 0.1) is 16.5 Å². The summed E-state index contributed by atoms with van der Waals surface area (Å²) >= 11 is 6.38. The van der Waals surface area contributed by atoms with E-state index in [2.05, 4.69) is 22.0 Å². The van der Waals surface area contributed by atoms with Crippen LogP contribution in [-0.2, 0) is 0 Å². The first-order valence-electron chi connectivity index (χ1n) is 11.6. The number of nitrogens with one attached hydrogen (secondary N) is 1. The fourth-order valence-corrected chi connectivity index (χ4v) is 4.15. The van der Waals surface area contributed by atoms with Crippen LogP contribution < -0.4 is 16.6 Å². The SMILES string of the molecule is C=C/C=C(\C=C/C)n1c(C(C)NC(=O)c2c(N)nn3cccnc23)cc2cccc(Cl)c2c1=O.CC. The van der Waals surface area contributed by atoms with Crippen LogP contribution in [0, 0.1) is 0 Å². The summed E-state index contributed by atoms with van der Waals surface area (Å²) in [5.74, 6) is -0.392. The number of aromatic nitrogens is 4. The normalized spacial score (nSPS) is 12.4. The molecular formula is C27H29ClN6O2. The number of nitrogen functional groups attached to an aromatic ring is 1. The molecule has 0 aliphatic rings. The maximum Gasteiger partial charge on any atom is 0.264 e. The van der Waals surface area contributed by atoms with E-state index in [-0.39, 0.29) is 16.9 Å². The van der Waals surface area contributed by atoms with E-state index in [9.17, 15) is 9.59 Å². The molecular weight excluding hydrogens is 476 g/mol. The van der Waals surface area contributed by atoms with Gasteiger partial charge in [-0.05, 0) is 49.6 Å². The maximum atomic E-state index is 13.6. The van der Waals surface area contributed by atoms with Crippen LogP contribution in [0.25, 0.3) is 22.1 Å². The quantitative estimate of drug-likeness (QED) is 0.342. The zero-order valence-electron chi connectivity index (χ0n) is 20.7. The first-order valence-corrected chi connectivity index (χ1v) is 11.9. The standard InChI is InChI=1S/C25H23ClN6O2.C2H6/c1-4-8-17(9-5-2)32-19(14-16-10-6-11-18(26)20(16)25(32)34)15(3)29-24(33)21-22(27)30-31-13-7-12-28-23(21)31;1-2/h4-15H,1H2,2-3H3,(H2,27,30)(H,29,33);1-2H3/b9-5-,17-8+;. The maximum absolute atomic E-state index is 13.6. The molecule has 36 heavy (non-hydrogen) atoms. The Bertz CT molecular complexity index is 1550. The third-order valence-electron chi connectivity index (χ3n) is 5.35. The fraction of sp³-hybridized carbons (Fsp3) is 0.185. The predicted molar refractivity (Wildman–Crippen MR) is 147 cm³/mol. The molecule has 0 fully saturated rings. The van der Waals surface area contributed by atoms with Crippen molar-refractivity contribution in [3.8, 4) is 0 Å². The molecule has 8 nitrogen and oxygen atoms in total. The number of fused-ring (bicyclic) bond motifs is 2. The lowest BCUT2D eigenvalue weighted by Crippen LogP contribution is -2.32. The summed E-state index contributed by atoms with van der Waals surface area (Å²) in [4.78, 5) is 31.1. The molecule has 3 heterocycles. The molecule has 0 radical (unpaired) electrons. The van der Waals surface area contributed by atoms with Gasteiger partial charge < -0.3 is 11.1 Å². The summed E-state index contributed by atoms with van der Waals surface area (Å²) in [5, 5.41) is 8.49. The highest BCUT2D eigenvalue weighted by molar-refractivity contribution is 6.35. The molecule has 0 aliphatic carbocycles. The Kier molecular flexibility index (Phi) is 8.45. The van der Waals surface area contributed by atoms with Gasteiger partial charge in [0.2, 0.25) is 0 Å². The summed E-state index contributed by atoms with van der Waals surface area (Å²) in [6.45, 7) is 11.4. The van der Waals surface area contributed by atoms with Gasteiger partial charge in [0, 0.05) is 23.8 Å². The van der Waals surface area contributed by atoms with Crippen LogP contribution in [0.3, 0.4) is 0 Å². The minimum absolute atomic E-state index is 0.0623. The molecule has 3 N–H and O–H groups in total. The molecule has 0 saturated heterocycles. The number of nitrogens with zero attached hydrogens (tertiary/aromatic N) is 4. The van der Waals surface area contributed by atoms with Gasteiger partial charge in [-0.1, -0.05) is 56.3 Å². The van der Waals surface area contributed by atoms with Crippen molar-refractivity contribution in [3.63, 3.8) is 0 Å². The number of rotatable bonds is 6. The number of pyridine rings is 1. The second-order valence-electron chi connectivity index (χ2n) is 7.58. The van der Waals surface area contributed by atoms with E-state index in [0.717, 1.165) is 0 Å². The van der Waals surface area contributed by atoms with Crippen molar-refractivity contribution in [1.29, 1.82) is 0 Å². The van der Waals surface area contributed by atoms with Gasteiger partial charge >= 0.3 is 0 Å². The molecule has 1 aromatic carbocycles. The van der Waals surface area contributed by atoms with Crippen LogP contribution in [0.15, 0.2) is 78.4 Å². The third-order valence-corrected chi connectivity index (χ3v) is 5.66. The zero-order chi connectivity index (χ0) is 26.4. The predicted octanol–water partition coefficient (Wildman–Crippen LogP) is 5.40. The van der Waals surface area contributed by atoms with E-state index in [1.807, 2.05) is 39.0 Å². The summed E-state index contributed by atoms with van der Waals surface area (Å²) in [7, 11) is 0. The minimum atomic E-state index is -0.583. The molecule has 1 atom stereocenters. The van der Waals surface area contributed by atoms with Gasteiger partial charge in [0.25, 0.3) is 11.5 Å². The summed E-state index contributed by atoms with van der Waals surface area (Å²) in [5.41, 5.74) is 7.35. The first kappa shape index (κ1) is 26.4. The lowest BCUT2D eigenvalue weighted by molar-refractivity contribution is 0.0941. The molecule has 3 aromatic heterocycles. The number of carbonyl (C=O) groups excluding carboxylic acids is 1. The van der Waals surface area contributed by atoms with E-state index in [4.69, 9.17) is 17.3 Å². The third kappa shape index (κ3) is 4.94. The van der Waals surface area contributed by atoms with E-state index in [0.29, 0.717) is 32.8 Å². The van der Waals surface area contributed by atoms with Crippen LogP contribution in [0.1, 0.15) is 49.8 Å². The largest absolute Gasteiger partial charge is 0.381 e. The van der Waals surface area contributed by atoms with E-state index in [1.54, 1.807) is 55.7 Å². The number of hydrogen-bond donors (Lipinski definition) is 2. The van der Waals surface area contributed by atoms with Gasteiger partial charge in [0.1, 0.15) is 5.56 Å². The number of allylic oxidation sites excluding steroid dienone is 5. The van der Waals surface area contributed by atoms with Gasteiger partial charge in [-0.15, -0.1) is 5.10 Å². The molecule has 0 spiro atoms. The van der Waals surface area contributed by atoms with E-state index >= 15 is 0 Å². The topological polar surface area (TPSA) is 107 Å². The Hall–Kier alpha value is -4.17. The number of hydrogen-bond acceptors (Lipinski definition) is 5. The highest BCUT2D eigenvalue weighted by Gasteiger charge is 2.24. The second kappa shape index (κ2) is 11.5. The van der Waals surface area contributed by atoms with Gasteiger partial charge in [0.15, 0.2) is 11.5 Å². The highest BCUT2D eigenvalue weighted by Crippen LogP contribution is 2.26. The van der Waals surface area contributed by atoms with Crippen molar-refractivity contribution < 1.29 is 4.79 Å². The number of amides is 1. The average Bonchev–Trinajstić information content (AvgIpc) is 3.20. The van der Waals surface area contributed by atoms with Crippen LogP contribution in [-0.4, -0.2) is 25.1 Å². The van der Waals surface area contributed by atoms with Gasteiger partial charge in [-0.2, -0.15) is 0 Å². The lowest BCUT2D eigenvalue weighted by atomic mass is 10.1. The van der Waals surface area contributed by atoms with Crippen LogP contribution in [0.5, 0.6) is 0 Å². The number of halogens is 1. The molecule has 9 heteroatoms. The van der Waals surface area contributed by atoms with Crippen LogP contribution in [0.2, 0.25) is 5.02 Å².